The fraction of sp³-hybridized carbons (Fsp3) is 0.286. The van der Waals surface area contributed by atoms with Gasteiger partial charge in [0.15, 0.2) is 5.76 Å². The molecule has 1 heterocycles. The molecule has 0 aliphatic rings. The Morgan fingerprint density at radius 3 is 2.54 bits per heavy atom. The molecule has 7 nitrogen and oxygen atoms in total. The maximum Gasteiger partial charge on any atom is 0.248 e. The second kappa shape index (κ2) is 7.10. The van der Waals surface area contributed by atoms with Crippen LogP contribution in [0.25, 0.3) is 0 Å². The molecule has 130 valence electrons. The number of aromatic nitrogens is 1. The third-order valence-electron chi connectivity index (χ3n) is 3.21. The fourth-order valence-electron chi connectivity index (χ4n) is 2.07. The number of hydrogen-bond donors (Lipinski definition) is 1. The van der Waals surface area contributed by atoms with Crippen LogP contribution in [0.2, 0.25) is 10.0 Å². The van der Waals surface area contributed by atoms with Crippen molar-refractivity contribution >= 4 is 44.8 Å². The lowest BCUT2D eigenvalue weighted by Crippen LogP contribution is -2.35. The summed E-state index contributed by atoms with van der Waals surface area (Å²) in [6.45, 7) is 2.62. The number of rotatable bonds is 5. The molecule has 1 N–H and O–H groups in total. The lowest BCUT2D eigenvalue weighted by Gasteiger charge is -2.17. The molecular formula is C14H15Cl2N3O4S. The van der Waals surface area contributed by atoms with Crippen molar-refractivity contribution in [2.45, 2.75) is 18.7 Å². The van der Waals surface area contributed by atoms with Gasteiger partial charge in [-0.05, 0) is 32.0 Å². The van der Waals surface area contributed by atoms with Crippen LogP contribution in [0.5, 0.6) is 0 Å². The first-order valence-electron chi connectivity index (χ1n) is 6.77. The lowest BCUT2D eigenvalue weighted by atomic mass is 10.3. The van der Waals surface area contributed by atoms with Crippen molar-refractivity contribution in [1.29, 1.82) is 0 Å². The molecule has 0 saturated carbocycles. The molecule has 2 aromatic rings. The number of nitrogens with zero attached hydrogens (tertiary/aromatic N) is 2. The summed E-state index contributed by atoms with van der Waals surface area (Å²) in [7, 11) is -2.60. The van der Waals surface area contributed by atoms with E-state index >= 15 is 0 Å². The van der Waals surface area contributed by atoms with E-state index in [1.807, 2.05) is 0 Å². The summed E-state index contributed by atoms with van der Waals surface area (Å²) in [5.74, 6) is -0.377. The molecule has 0 unspecified atom stereocenters. The number of anilines is 1. The number of nitrogens with one attached hydrogen (secondary N) is 1. The summed E-state index contributed by atoms with van der Waals surface area (Å²) in [5, 5.41) is 6.84. The number of halogens is 2. The zero-order valence-corrected chi connectivity index (χ0v) is 15.5. The van der Waals surface area contributed by atoms with Gasteiger partial charge in [-0.1, -0.05) is 28.4 Å². The second-order valence-corrected chi connectivity index (χ2v) is 7.91. The Bertz CT molecular complexity index is 861. The highest BCUT2D eigenvalue weighted by Crippen LogP contribution is 2.26. The average molecular weight is 392 g/mol. The molecule has 1 aromatic heterocycles. The van der Waals surface area contributed by atoms with E-state index in [4.69, 9.17) is 27.7 Å². The van der Waals surface area contributed by atoms with E-state index in [9.17, 15) is 13.2 Å². The second-order valence-electron chi connectivity index (χ2n) is 5.09. The SMILES string of the molecule is Cc1noc(C)c1S(=O)(=O)N(C)CC(=O)Nc1ccc(Cl)cc1Cl. The van der Waals surface area contributed by atoms with Gasteiger partial charge in [0, 0.05) is 12.1 Å². The zero-order valence-electron chi connectivity index (χ0n) is 13.1. The molecule has 0 aliphatic heterocycles. The number of carbonyl (C=O) groups is 1. The predicted molar refractivity (Wildman–Crippen MR) is 90.9 cm³/mol. The van der Waals surface area contributed by atoms with Gasteiger partial charge in [-0.25, -0.2) is 8.42 Å². The van der Waals surface area contributed by atoms with E-state index < -0.39 is 22.5 Å². The fourth-order valence-corrected chi connectivity index (χ4v) is 3.93. The third-order valence-corrected chi connectivity index (χ3v) is 5.80. The summed E-state index contributed by atoms with van der Waals surface area (Å²) in [5.41, 5.74) is 0.578. The van der Waals surface area contributed by atoms with Crippen LogP contribution < -0.4 is 5.32 Å². The average Bonchev–Trinajstić information content (AvgIpc) is 2.81. The monoisotopic (exact) mass is 391 g/mol. The van der Waals surface area contributed by atoms with E-state index in [2.05, 4.69) is 10.5 Å². The van der Waals surface area contributed by atoms with Crippen molar-refractivity contribution in [2.24, 2.45) is 0 Å². The number of carbonyl (C=O) groups excluding carboxylic acids is 1. The smallest absolute Gasteiger partial charge is 0.248 e. The van der Waals surface area contributed by atoms with Crippen molar-refractivity contribution in [3.8, 4) is 0 Å². The molecule has 0 bridgehead atoms. The Balaban J connectivity index is 2.14. The van der Waals surface area contributed by atoms with Crippen LogP contribution in [0.4, 0.5) is 5.69 Å². The Kier molecular flexibility index (Phi) is 5.54. The summed E-state index contributed by atoms with van der Waals surface area (Å²) >= 11 is 11.8. The van der Waals surface area contributed by atoms with E-state index in [1.165, 1.54) is 33.0 Å². The van der Waals surface area contributed by atoms with Crippen LogP contribution >= 0.6 is 23.2 Å². The van der Waals surface area contributed by atoms with Crippen LogP contribution in [-0.2, 0) is 14.8 Å². The summed E-state index contributed by atoms with van der Waals surface area (Å²) in [4.78, 5) is 12.1. The Hall–Kier alpha value is -1.61. The molecule has 10 heteroatoms. The molecule has 0 saturated heterocycles. The Morgan fingerprint density at radius 2 is 2.00 bits per heavy atom. The largest absolute Gasteiger partial charge is 0.360 e. The molecule has 0 atom stereocenters. The molecule has 2 rings (SSSR count). The van der Waals surface area contributed by atoms with Gasteiger partial charge in [-0.3, -0.25) is 4.79 Å². The quantitative estimate of drug-likeness (QED) is 0.845. The van der Waals surface area contributed by atoms with Crippen LogP contribution in [-0.4, -0.2) is 37.4 Å². The van der Waals surface area contributed by atoms with E-state index in [0.717, 1.165) is 4.31 Å². The van der Waals surface area contributed by atoms with Crippen LogP contribution in [0.15, 0.2) is 27.6 Å². The van der Waals surface area contributed by atoms with Crippen LogP contribution in [0.1, 0.15) is 11.5 Å². The zero-order chi connectivity index (χ0) is 18.1. The highest BCUT2D eigenvalue weighted by Gasteiger charge is 2.29. The standard InChI is InChI=1S/C14H15Cl2N3O4S/c1-8-14(9(2)23-18-8)24(21,22)19(3)7-13(20)17-12-5-4-10(15)6-11(12)16/h4-6H,7H2,1-3H3,(H,17,20). The number of aryl methyl sites for hydroxylation is 2. The van der Waals surface area contributed by atoms with Gasteiger partial charge in [-0.2, -0.15) is 4.31 Å². The molecule has 0 radical (unpaired) electrons. The minimum absolute atomic E-state index is 0.0395. The first-order valence-corrected chi connectivity index (χ1v) is 8.96. The molecule has 1 amide bonds. The van der Waals surface area contributed by atoms with Crippen molar-refractivity contribution in [3.63, 3.8) is 0 Å². The number of sulfonamides is 1. The van der Waals surface area contributed by atoms with Crippen molar-refractivity contribution in [3.05, 3.63) is 39.7 Å². The molecule has 1 aromatic carbocycles. The summed E-state index contributed by atoms with van der Waals surface area (Å²) in [6.07, 6.45) is 0. The molecule has 24 heavy (non-hydrogen) atoms. The van der Waals surface area contributed by atoms with Gasteiger partial charge in [0.05, 0.1) is 17.3 Å². The number of amides is 1. The van der Waals surface area contributed by atoms with Gasteiger partial charge in [0.1, 0.15) is 10.6 Å². The van der Waals surface area contributed by atoms with Crippen LogP contribution in [0, 0.1) is 13.8 Å². The first kappa shape index (κ1) is 18.7. The maximum absolute atomic E-state index is 12.5. The highest BCUT2D eigenvalue weighted by molar-refractivity contribution is 7.89. The molecular weight excluding hydrogens is 377 g/mol. The van der Waals surface area contributed by atoms with Crippen LogP contribution in [0.3, 0.4) is 0 Å². The van der Waals surface area contributed by atoms with Gasteiger partial charge in [-0.15, -0.1) is 0 Å². The van der Waals surface area contributed by atoms with Gasteiger partial charge < -0.3 is 9.84 Å². The minimum Gasteiger partial charge on any atom is -0.360 e. The summed E-state index contributed by atoms with van der Waals surface area (Å²) in [6, 6.07) is 4.57. The van der Waals surface area contributed by atoms with Crippen molar-refractivity contribution in [2.75, 3.05) is 18.9 Å². The maximum atomic E-state index is 12.5. The number of benzene rings is 1. The normalized spacial score (nSPS) is 11.8. The minimum atomic E-state index is -3.90. The molecule has 0 aliphatic carbocycles. The van der Waals surface area contributed by atoms with Gasteiger partial charge in [0.2, 0.25) is 15.9 Å². The Labute approximate surface area is 149 Å². The molecule has 0 fully saturated rings. The van der Waals surface area contributed by atoms with E-state index in [1.54, 1.807) is 6.07 Å². The van der Waals surface area contributed by atoms with E-state index in [0.29, 0.717) is 10.7 Å². The van der Waals surface area contributed by atoms with Gasteiger partial charge >= 0.3 is 0 Å². The van der Waals surface area contributed by atoms with Crippen molar-refractivity contribution < 1.29 is 17.7 Å². The lowest BCUT2D eigenvalue weighted by molar-refractivity contribution is -0.116. The Morgan fingerprint density at radius 1 is 1.33 bits per heavy atom. The third kappa shape index (κ3) is 3.89. The molecule has 0 spiro atoms. The van der Waals surface area contributed by atoms with Gasteiger partial charge in [0.25, 0.3) is 0 Å². The first-order chi connectivity index (χ1) is 11.1. The van der Waals surface area contributed by atoms with Crippen molar-refractivity contribution in [1.82, 2.24) is 9.46 Å². The highest BCUT2D eigenvalue weighted by atomic mass is 35.5. The number of hydrogen-bond acceptors (Lipinski definition) is 5. The predicted octanol–water partition coefficient (Wildman–Crippen LogP) is 2.86. The topological polar surface area (TPSA) is 92.5 Å². The van der Waals surface area contributed by atoms with E-state index in [-0.39, 0.29) is 21.4 Å². The summed E-state index contributed by atoms with van der Waals surface area (Å²) < 4.78 is 30.9. The number of likely N-dealkylation sites (N-methyl/N-ethyl adjacent to an activating group) is 1.